The highest BCUT2D eigenvalue weighted by molar-refractivity contribution is 5.61. The monoisotopic (exact) mass is 376 g/mol. The van der Waals surface area contributed by atoms with Gasteiger partial charge in [-0.15, -0.1) is 5.10 Å². The number of nitrogens with one attached hydrogen (secondary N) is 2. The highest BCUT2D eigenvalue weighted by Gasteiger charge is 2.30. The third-order valence-electron chi connectivity index (χ3n) is 4.75. The smallest absolute Gasteiger partial charge is 0.384 e. The van der Waals surface area contributed by atoms with E-state index in [0.717, 1.165) is 43.6 Å². The zero-order chi connectivity index (χ0) is 19.0. The van der Waals surface area contributed by atoms with Gasteiger partial charge in [0.15, 0.2) is 5.65 Å². The Hall–Kier alpha value is -2.81. The predicted molar refractivity (Wildman–Crippen MR) is 97.0 cm³/mol. The van der Waals surface area contributed by atoms with E-state index in [4.69, 9.17) is 5.73 Å². The van der Waals surface area contributed by atoms with Crippen molar-refractivity contribution in [3.8, 4) is 0 Å². The minimum atomic E-state index is -4.36. The van der Waals surface area contributed by atoms with Gasteiger partial charge in [0.25, 0.3) is 0 Å². The lowest BCUT2D eigenvalue weighted by Gasteiger charge is -2.23. The summed E-state index contributed by atoms with van der Waals surface area (Å²) in [6.07, 6.45) is -2.22. The van der Waals surface area contributed by atoms with Crippen LogP contribution in [0, 0.1) is 0 Å². The van der Waals surface area contributed by atoms with E-state index in [9.17, 15) is 13.2 Å². The fourth-order valence-corrected chi connectivity index (χ4v) is 3.36. The van der Waals surface area contributed by atoms with Crippen molar-refractivity contribution in [2.45, 2.75) is 24.9 Å². The third-order valence-corrected chi connectivity index (χ3v) is 4.75. The van der Waals surface area contributed by atoms with E-state index in [1.165, 1.54) is 12.1 Å². The molecule has 27 heavy (non-hydrogen) atoms. The number of rotatable bonds is 3. The topological polar surface area (TPSA) is 80.3 Å². The Balaban J connectivity index is 1.64. The maximum Gasteiger partial charge on any atom is 0.416 e. The van der Waals surface area contributed by atoms with E-state index in [0.29, 0.717) is 23.1 Å². The van der Waals surface area contributed by atoms with Crippen molar-refractivity contribution in [2.24, 2.45) is 0 Å². The molecule has 3 heterocycles. The number of nitrogen functional groups attached to an aromatic ring is 1. The van der Waals surface area contributed by atoms with Crippen LogP contribution in [-0.2, 0) is 6.18 Å². The molecular weight excluding hydrogens is 357 g/mol. The van der Waals surface area contributed by atoms with E-state index >= 15 is 0 Å². The van der Waals surface area contributed by atoms with E-state index in [1.54, 1.807) is 10.6 Å². The second kappa shape index (κ2) is 6.73. The van der Waals surface area contributed by atoms with Crippen LogP contribution in [0.25, 0.3) is 5.65 Å². The summed E-state index contributed by atoms with van der Waals surface area (Å²) in [5.74, 6) is 1.06. The van der Waals surface area contributed by atoms with Crippen LogP contribution in [0.15, 0.2) is 36.4 Å². The number of aromatic nitrogens is 3. The average molecular weight is 376 g/mol. The van der Waals surface area contributed by atoms with Gasteiger partial charge >= 0.3 is 6.18 Å². The quantitative estimate of drug-likeness (QED) is 0.652. The van der Waals surface area contributed by atoms with E-state index in [2.05, 4.69) is 20.7 Å². The van der Waals surface area contributed by atoms with Crippen LogP contribution in [0.3, 0.4) is 0 Å². The zero-order valence-electron chi connectivity index (χ0n) is 14.4. The number of nitrogens with zero attached hydrogens (tertiary/aromatic N) is 3. The molecule has 3 aromatic rings. The second-order valence-electron chi connectivity index (χ2n) is 6.63. The largest absolute Gasteiger partial charge is 0.416 e. The fourth-order valence-electron chi connectivity index (χ4n) is 3.36. The number of piperidine rings is 1. The van der Waals surface area contributed by atoms with Gasteiger partial charge in [-0.1, -0.05) is 6.07 Å². The van der Waals surface area contributed by atoms with Gasteiger partial charge in [-0.05, 0) is 49.7 Å². The summed E-state index contributed by atoms with van der Waals surface area (Å²) >= 11 is 0. The molecule has 0 saturated carbocycles. The number of nitrogens with two attached hydrogens (primary N) is 1. The molecule has 0 radical (unpaired) electrons. The first kappa shape index (κ1) is 17.6. The molecule has 9 heteroatoms. The SMILES string of the molecule is Nc1ccc(C2CCCNC2)c2nc(Nc3ccc(C(F)(F)F)cc3)nn12. The van der Waals surface area contributed by atoms with Crippen molar-refractivity contribution in [3.05, 3.63) is 47.5 Å². The van der Waals surface area contributed by atoms with Crippen LogP contribution in [0.4, 0.5) is 30.6 Å². The normalized spacial score (nSPS) is 18.0. The van der Waals surface area contributed by atoms with Crippen molar-refractivity contribution in [1.82, 2.24) is 19.9 Å². The van der Waals surface area contributed by atoms with Gasteiger partial charge in [0.2, 0.25) is 5.95 Å². The molecule has 2 aromatic heterocycles. The molecular formula is C18H19F3N6. The van der Waals surface area contributed by atoms with Crippen LogP contribution in [0.2, 0.25) is 0 Å². The van der Waals surface area contributed by atoms with Crippen LogP contribution < -0.4 is 16.4 Å². The number of hydrogen-bond acceptors (Lipinski definition) is 5. The van der Waals surface area contributed by atoms with Gasteiger partial charge < -0.3 is 16.4 Å². The molecule has 1 aliphatic heterocycles. The zero-order valence-corrected chi connectivity index (χ0v) is 14.4. The Bertz CT molecular complexity index is 942. The molecule has 1 unspecified atom stereocenters. The van der Waals surface area contributed by atoms with Gasteiger partial charge in [0.1, 0.15) is 5.82 Å². The summed E-state index contributed by atoms with van der Waals surface area (Å²) in [4.78, 5) is 4.53. The molecule has 0 aliphatic carbocycles. The summed E-state index contributed by atoms with van der Waals surface area (Å²) in [5, 5.41) is 10.7. The number of halogens is 3. The molecule has 142 valence electrons. The van der Waals surface area contributed by atoms with E-state index in [-0.39, 0.29) is 5.95 Å². The molecule has 4 rings (SSSR count). The first-order valence-corrected chi connectivity index (χ1v) is 8.72. The van der Waals surface area contributed by atoms with Crippen molar-refractivity contribution in [3.63, 3.8) is 0 Å². The van der Waals surface area contributed by atoms with Crippen LogP contribution >= 0.6 is 0 Å². The highest BCUT2D eigenvalue weighted by Crippen LogP contribution is 2.31. The first-order chi connectivity index (χ1) is 12.9. The maximum atomic E-state index is 12.7. The first-order valence-electron chi connectivity index (χ1n) is 8.72. The predicted octanol–water partition coefficient (Wildman–Crippen LogP) is 3.54. The van der Waals surface area contributed by atoms with Crippen molar-refractivity contribution >= 4 is 23.1 Å². The van der Waals surface area contributed by atoms with Gasteiger partial charge in [0, 0.05) is 23.7 Å². The average Bonchev–Trinajstić information content (AvgIpc) is 3.07. The van der Waals surface area contributed by atoms with Crippen molar-refractivity contribution in [1.29, 1.82) is 0 Å². The highest BCUT2D eigenvalue weighted by atomic mass is 19.4. The number of alkyl halides is 3. The molecule has 1 aromatic carbocycles. The maximum absolute atomic E-state index is 12.7. The van der Waals surface area contributed by atoms with Crippen LogP contribution in [0.5, 0.6) is 0 Å². The lowest BCUT2D eigenvalue weighted by molar-refractivity contribution is -0.137. The van der Waals surface area contributed by atoms with Crippen LogP contribution in [0.1, 0.15) is 29.9 Å². The molecule has 6 nitrogen and oxygen atoms in total. The third kappa shape index (κ3) is 3.55. The summed E-state index contributed by atoms with van der Waals surface area (Å²) in [6, 6.07) is 8.51. The van der Waals surface area contributed by atoms with E-state index < -0.39 is 11.7 Å². The number of pyridine rings is 1. The van der Waals surface area contributed by atoms with Gasteiger partial charge in [-0.2, -0.15) is 22.7 Å². The number of hydrogen-bond donors (Lipinski definition) is 3. The summed E-state index contributed by atoms with van der Waals surface area (Å²) in [6.45, 7) is 1.88. The molecule has 0 spiro atoms. The van der Waals surface area contributed by atoms with Crippen molar-refractivity contribution < 1.29 is 13.2 Å². The number of anilines is 3. The summed E-state index contributed by atoms with van der Waals surface area (Å²) in [5.41, 5.74) is 7.51. The minimum Gasteiger partial charge on any atom is -0.384 e. The molecule has 4 N–H and O–H groups in total. The molecule has 0 amide bonds. The molecule has 1 atom stereocenters. The Labute approximate surface area is 153 Å². The Morgan fingerprint density at radius 2 is 1.93 bits per heavy atom. The standard InChI is InChI=1S/C18H19F3N6/c19-18(20,21)12-3-5-13(6-4-12)24-17-25-16-14(11-2-1-9-23-10-11)7-8-15(22)27(16)26-17/h3-8,11,23H,1-2,9-10,22H2,(H,24,26). The summed E-state index contributed by atoms with van der Waals surface area (Å²) < 4.78 is 39.6. The molecule has 1 aliphatic rings. The van der Waals surface area contributed by atoms with E-state index in [1.807, 2.05) is 6.07 Å². The Kier molecular flexibility index (Phi) is 4.39. The minimum absolute atomic E-state index is 0.290. The number of fused-ring (bicyclic) bond motifs is 1. The second-order valence-corrected chi connectivity index (χ2v) is 6.63. The molecule has 1 saturated heterocycles. The number of benzene rings is 1. The van der Waals surface area contributed by atoms with Gasteiger partial charge in [-0.3, -0.25) is 0 Å². The van der Waals surface area contributed by atoms with Crippen molar-refractivity contribution in [2.75, 3.05) is 24.1 Å². The lowest BCUT2D eigenvalue weighted by atomic mass is 9.92. The fraction of sp³-hybridized carbons (Fsp3) is 0.333. The van der Waals surface area contributed by atoms with Gasteiger partial charge in [0.05, 0.1) is 5.56 Å². The Morgan fingerprint density at radius 3 is 2.59 bits per heavy atom. The van der Waals surface area contributed by atoms with Crippen LogP contribution in [-0.4, -0.2) is 27.7 Å². The van der Waals surface area contributed by atoms with Gasteiger partial charge in [-0.25, -0.2) is 0 Å². The Morgan fingerprint density at radius 1 is 1.15 bits per heavy atom. The lowest BCUT2D eigenvalue weighted by Crippen LogP contribution is -2.28. The summed E-state index contributed by atoms with van der Waals surface area (Å²) in [7, 11) is 0. The molecule has 1 fully saturated rings. The molecule has 0 bridgehead atoms.